The molecule has 1 aromatic heterocycles. The maximum absolute atomic E-state index is 11.4. The van der Waals surface area contributed by atoms with Crippen LogP contribution in [-0.2, 0) is 9.84 Å². The van der Waals surface area contributed by atoms with E-state index in [2.05, 4.69) is 10.1 Å². The number of aromatic hydroxyl groups is 1. The molecule has 7 nitrogen and oxygen atoms in total. The zero-order chi connectivity index (χ0) is 14.2. The van der Waals surface area contributed by atoms with Gasteiger partial charge in [0.25, 0.3) is 5.89 Å². The van der Waals surface area contributed by atoms with Gasteiger partial charge in [-0.15, -0.1) is 0 Å². The quantitative estimate of drug-likeness (QED) is 0.640. The molecule has 1 unspecified atom stereocenters. The predicted octanol–water partition coefficient (Wildman–Crippen LogP) is 1.13. The highest BCUT2D eigenvalue weighted by Gasteiger charge is 2.23. The summed E-state index contributed by atoms with van der Waals surface area (Å²) in [7, 11) is -3.29. The number of hydrogen-bond donors (Lipinski definition) is 2. The van der Waals surface area contributed by atoms with E-state index in [1.807, 2.05) is 0 Å². The Bertz CT molecular complexity index is 708. The first-order chi connectivity index (χ1) is 8.79. The molecular formula is C11H13N3O4S. The smallest absolute Gasteiger partial charge is 0.258 e. The Morgan fingerprint density at radius 3 is 2.68 bits per heavy atom. The number of nitrogens with zero attached hydrogens (tertiary/aromatic N) is 2. The minimum Gasteiger partial charge on any atom is -0.506 e. The van der Waals surface area contributed by atoms with Crippen LogP contribution >= 0.6 is 0 Å². The van der Waals surface area contributed by atoms with Crippen molar-refractivity contribution in [2.24, 2.45) is 0 Å². The first kappa shape index (κ1) is 13.3. The zero-order valence-corrected chi connectivity index (χ0v) is 11.2. The maximum Gasteiger partial charge on any atom is 0.258 e. The van der Waals surface area contributed by atoms with Gasteiger partial charge >= 0.3 is 0 Å². The monoisotopic (exact) mass is 283 g/mol. The lowest BCUT2D eigenvalue weighted by Gasteiger charge is -2.02. The highest BCUT2D eigenvalue weighted by atomic mass is 32.2. The molecule has 0 saturated heterocycles. The van der Waals surface area contributed by atoms with Gasteiger partial charge in [0.1, 0.15) is 11.0 Å². The summed E-state index contributed by atoms with van der Waals surface area (Å²) in [6, 6.07) is 4.46. The number of phenolic OH excluding ortho intramolecular Hbond substituents is 1. The normalized spacial score (nSPS) is 13.4. The fraction of sp³-hybridized carbons (Fsp3) is 0.273. The van der Waals surface area contributed by atoms with Gasteiger partial charge in [0.05, 0.1) is 5.69 Å². The lowest BCUT2D eigenvalue weighted by atomic mass is 10.2. The molecule has 1 heterocycles. The molecule has 0 saturated carbocycles. The number of nitrogens with two attached hydrogens (primary N) is 1. The summed E-state index contributed by atoms with van der Waals surface area (Å²) in [4.78, 5) is 4.01. The molecular weight excluding hydrogens is 270 g/mol. The molecule has 3 N–H and O–H groups in total. The van der Waals surface area contributed by atoms with Crippen LogP contribution in [0, 0.1) is 0 Å². The van der Waals surface area contributed by atoms with Crippen LogP contribution in [0.5, 0.6) is 5.75 Å². The van der Waals surface area contributed by atoms with Crippen molar-refractivity contribution in [3.63, 3.8) is 0 Å². The molecule has 0 amide bonds. The number of phenols is 1. The van der Waals surface area contributed by atoms with Crippen LogP contribution in [0.4, 0.5) is 5.69 Å². The molecule has 19 heavy (non-hydrogen) atoms. The first-order valence-corrected chi connectivity index (χ1v) is 7.36. The molecule has 0 aliphatic rings. The van der Waals surface area contributed by atoms with Gasteiger partial charge in [0.2, 0.25) is 0 Å². The summed E-state index contributed by atoms with van der Waals surface area (Å²) < 4.78 is 27.8. The summed E-state index contributed by atoms with van der Waals surface area (Å²) in [6.07, 6.45) is 1.10. The summed E-state index contributed by atoms with van der Waals surface area (Å²) in [5, 5.41) is 12.3. The highest BCUT2D eigenvalue weighted by molar-refractivity contribution is 7.90. The Hall–Kier alpha value is -2.09. The van der Waals surface area contributed by atoms with Crippen molar-refractivity contribution < 1.29 is 18.0 Å². The molecule has 2 rings (SSSR count). The van der Waals surface area contributed by atoms with Crippen molar-refractivity contribution in [1.29, 1.82) is 0 Å². The Labute approximate surface area is 110 Å². The Morgan fingerprint density at radius 2 is 2.11 bits per heavy atom. The van der Waals surface area contributed by atoms with Crippen molar-refractivity contribution in [1.82, 2.24) is 10.1 Å². The number of aromatic nitrogens is 2. The van der Waals surface area contributed by atoms with Crippen molar-refractivity contribution in [3.05, 3.63) is 24.0 Å². The summed E-state index contributed by atoms with van der Waals surface area (Å²) in [5.41, 5.74) is 6.18. The molecule has 0 spiro atoms. The van der Waals surface area contributed by atoms with E-state index < -0.39 is 15.1 Å². The minimum absolute atomic E-state index is 0.0776. The van der Waals surface area contributed by atoms with E-state index in [4.69, 9.17) is 10.3 Å². The average Bonchev–Trinajstić information content (AvgIpc) is 2.79. The van der Waals surface area contributed by atoms with Gasteiger partial charge in [-0.3, -0.25) is 0 Å². The third kappa shape index (κ3) is 2.68. The second kappa shape index (κ2) is 4.54. The molecule has 102 valence electrons. The van der Waals surface area contributed by atoms with Crippen LogP contribution in [0.1, 0.15) is 18.0 Å². The summed E-state index contributed by atoms with van der Waals surface area (Å²) in [6.45, 7) is 1.48. The van der Waals surface area contributed by atoms with Gasteiger partial charge in [-0.1, -0.05) is 5.16 Å². The number of nitrogen functional groups attached to an aromatic ring is 1. The van der Waals surface area contributed by atoms with Crippen LogP contribution in [0.25, 0.3) is 11.5 Å². The van der Waals surface area contributed by atoms with Crippen LogP contribution in [-0.4, -0.2) is 29.9 Å². The van der Waals surface area contributed by atoms with E-state index in [0.717, 1.165) is 6.26 Å². The number of benzene rings is 1. The van der Waals surface area contributed by atoms with Gasteiger partial charge in [0, 0.05) is 11.8 Å². The molecule has 0 fully saturated rings. The maximum atomic E-state index is 11.4. The second-order valence-corrected chi connectivity index (χ2v) is 6.57. The third-order valence-corrected chi connectivity index (χ3v) is 4.22. The molecule has 1 atom stereocenters. The van der Waals surface area contributed by atoms with Gasteiger partial charge in [0.15, 0.2) is 15.7 Å². The Kier molecular flexibility index (Phi) is 3.19. The summed E-state index contributed by atoms with van der Waals surface area (Å²) >= 11 is 0. The van der Waals surface area contributed by atoms with Crippen LogP contribution in [0.15, 0.2) is 22.7 Å². The fourth-order valence-electron chi connectivity index (χ4n) is 1.39. The van der Waals surface area contributed by atoms with Gasteiger partial charge in [-0.25, -0.2) is 8.42 Å². The molecule has 8 heteroatoms. The fourth-order valence-corrected chi connectivity index (χ4v) is 1.86. The van der Waals surface area contributed by atoms with Crippen LogP contribution in [0.2, 0.25) is 0 Å². The van der Waals surface area contributed by atoms with Crippen LogP contribution < -0.4 is 5.73 Å². The van der Waals surface area contributed by atoms with Crippen molar-refractivity contribution >= 4 is 15.5 Å². The van der Waals surface area contributed by atoms with E-state index in [1.165, 1.54) is 19.1 Å². The van der Waals surface area contributed by atoms with Gasteiger partial charge < -0.3 is 15.4 Å². The minimum atomic E-state index is -3.29. The summed E-state index contributed by atoms with van der Waals surface area (Å²) in [5.74, 6) is 0.100. The predicted molar refractivity (Wildman–Crippen MR) is 69.1 cm³/mol. The number of rotatable bonds is 3. The number of hydrogen-bond acceptors (Lipinski definition) is 7. The van der Waals surface area contributed by atoms with Crippen molar-refractivity contribution in [3.8, 4) is 17.2 Å². The third-order valence-electron chi connectivity index (χ3n) is 2.72. The Morgan fingerprint density at radius 1 is 1.42 bits per heavy atom. The van der Waals surface area contributed by atoms with Crippen molar-refractivity contribution in [2.75, 3.05) is 12.0 Å². The lowest BCUT2D eigenvalue weighted by Crippen LogP contribution is -2.09. The number of sulfone groups is 1. The first-order valence-electron chi connectivity index (χ1n) is 5.40. The molecule has 0 bridgehead atoms. The largest absolute Gasteiger partial charge is 0.506 e. The van der Waals surface area contributed by atoms with Gasteiger partial charge in [-0.05, 0) is 25.1 Å². The van der Waals surface area contributed by atoms with Gasteiger partial charge in [-0.2, -0.15) is 4.98 Å². The standard InChI is InChI=1S/C11H13N3O4S/c1-6(19(2,16)17)10-13-11(18-14-10)7-3-4-8(12)9(15)5-7/h3-6,15H,12H2,1-2H3. The zero-order valence-electron chi connectivity index (χ0n) is 10.4. The van der Waals surface area contributed by atoms with E-state index in [1.54, 1.807) is 6.07 Å². The molecule has 0 aliphatic heterocycles. The van der Waals surface area contributed by atoms with E-state index in [0.29, 0.717) is 5.56 Å². The van der Waals surface area contributed by atoms with Crippen molar-refractivity contribution in [2.45, 2.75) is 12.2 Å². The topological polar surface area (TPSA) is 119 Å². The van der Waals surface area contributed by atoms with E-state index in [-0.39, 0.29) is 23.2 Å². The van der Waals surface area contributed by atoms with E-state index in [9.17, 15) is 13.5 Å². The second-order valence-electron chi connectivity index (χ2n) is 4.20. The van der Waals surface area contributed by atoms with Crippen LogP contribution in [0.3, 0.4) is 0 Å². The average molecular weight is 283 g/mol. The molecule has 0 aliphatic carbocycles. The SMILES string of the molecule is CC(c1noc(-c2ccc(N)c(O)c2)n1)S(C)(=O)=O. The molecule has 1 aromatic carbocycles. The highest BCUT2D eigenvalue weighted by Crippen LogP contribution is 2.28. The number of anilines is 1. The van der Waals surface area contributed by atoms with E-state index >= 15 is 0 Å². The molecule has 0 radical (unpaired) electrons. The lowest BCUT2D eigenvalue weighted by molar-refractivity contribution is 0.421. The Balaban J connectivity index is 2.38. The molecule has 2 aromatic rings.